The molecule has 2 aromatic carbocycles. The maximum absolute atomic E-state index is 12.9. The van der Waals surface area contributed by atoms with Gasteiger partial charge in [0, 0.05) is 25.2 Å². The Bertz CT molecular complexity index is 949. The number of nitrogens with zero attached hydrogens (tertiary/aromatic N) is 1. The fourth-order valence-corrected chi connectivity index (χ4v) is 5.01. The van der Waals surface area contributed by atoms with Crippen LogP contribution in [0, 0.1) is 6.92 Å². The van der Waals surface area contributed by atoms with Gasteiger partial charge in [-0.2, -0.15) is 4.31 Å². The molecule has 1 saturated heterocycles. The fraction of sp³-hybridized carbons (Fsp3) is 0.409. The van der Waals surface area contributed by atoms with Crippen LogP contribution in [-0.2, 0) is 16.4 Å². The topological polar surface area (TPSA) is 75.7 Å². The van der Waals surface area contributed by atoms with Crippen LogP contribution in [0.25, 0.3) is 0 Å². The molecule has 0 radical (unpaired) electrons. The van der Waals surface area contributed by atoms with Crippen molar-refractivity contribution in [1.29, 1.82) is 0 Å². The van der Waals surface area contributed by atoms with E-state index in [1.807, 2.05) is 31.2 Å². The Morgan fingerprint density at radius 1 is 1.07 bits per heavy atom. The standard InChI is InChI=1S/C22H28N2O4S/c1-17-6-11-20(29(26,27)24-14-4-3-5-15-24)16-21(17)22(25)23-13-12-18-7-9-19(28-2)10-8-18/h6-11,16H,3-5,12-15H2,1-2H3,(H,23,25). The number of sulfonamides is 1. The van der Waals surface area contributed by atoms with E-state index in [4.69, 9.17) is 4.74 Å². The Balaban J connectivity index is 1.67. The lowest BCUT2D eigenvalue weighted by Crippen LogP contribution is -2.35. The monoisotopic (exact) mass is 416 g/mol. The van der Waals surface area contributed by atoms with Gasteiger partial charge < -0.3 is 10.1 Å². The van der Waals surface area contributed by atoms with Crippen molar-refractivity contribution in [2.45, 2.75) is 37.5 Å². The van der Waals surface area contributed by atoms with E-state index in [1.54, 1.807) is 19.2 Å². The molecule has 6 nitrogen and oxygen atoms in total. The van der Waals surface area contributed by atoms with E-state index in [2.05, 4.69) is 5.32 Å². The predicted molar refractivity (Wildman–Crippen MR) is 113 cm³/mol. The number of amides is 1. The lowest BCUT2D eigenvalue weighted by molar-refractivity contribution is 0.0953. The molecule has 0 saturated carbocycles. The summed E-state index contributed by atoms with van der Waals surface area (Å²) in [5, 5.41) is 2.90. The summed E-state index contributed by atoms with van der Waals surface area (Å²) < 4.78 is 32.5. The van der Waals surface area contributed by atoms with Gasteiger partial charge in [0.25, 0.3) is 5.91 Å². The van der Waals surface area contributed by atoms with Crippen molar-refractivity contribution in [2.24, 2.45) is 0 Å². The first-order valence-electron chi connectivity index (χ1n) is 9.94. The fourth-order valence-electron chi connectivity index (χ4n) is 3.47. The van der Waals surface area contributed by atoms with Gasteiger partial charge in [0.05, 0.1) is 12.0 Å². The van der Waals surface area contributed by atoms with Gasteiger partial charge in [-0.1, -0.05) is 24.6 Å². The molecule has 1 heterocycles. The predicted octanol–water partition coefficient (Wildman–Crippen LogP) is 3.15. The first-order valence-corrected chi connectivity index (χ1v) is 11.4. The van der Waals surface area contributed by atoms with E-state index in [0.29, 0.717) is 31.6 Å². The largest absolute Gasteiger partial charge is 0.497 e. The summed E-state index contributed by atoms with van der Waals surface area (Å²) in [5.74, 6) is 0.534. The van der Waals surface area contributed by atoms with Gasteiger partial charge in [0.1, 0.15) is 5.75 Å². The third-order valence-corrected chi connectivity index (χ3v) is 7.16. The summed E-state index contributed by atoms with van der Waals surface area (Å²) in [4.78, 5) is 12.9. The maximum Gasteiger partial charge on any atom is 0.251 e. The van der Waals surface area contributed by atoms with Gasteiger partial charge in [0.2, 0.25) is 10.0 Å². The average Bonchev–Trinajstić information content (AvgIpc) is 2.75. The van der Waals surface area contributed by atoms with Crippen LogP contribution >= 0.6 is 0 Å². The second-order valence-corrected chi connectivity index (χ2v) is 9.23. The van der Waals surface area contributed by atoms with Crippen LogP contribution in [-0.4, -0.2) is 45.4 Å². The van der Waals surface area contributed by atoms with E-state index < -0.39 is 10.0 Å². The van der Waals surface area contributed by atoms with Crippen LogP contribution in [0.2, 0.25) is 0 Å². The molecular formula is C22H28N2O4S. The number of rotatable bonds is 7. The number of hydrogen-bond donors (Lipinski definition) is 1. The van der Waals surface area contributed by atoms with Crippen LogP contribution in [0.3, 0.4) is 0 Å². The van der Waals surface area contributed by atoms with Crippen molar-refractivity contribution in [3.8, 4) is 5.75 Å². The Morgan fingerprint density at radius 3 is 2.41 bits per heavy atom. The van der Waals surface area contributed by atoms with Crippen molar-refractivity contribution in [1.82, 2.24) is 9.62 Å². The van der Waals surface area contributed by atoms with Crippen molar-refractivity contribution < 1.29 is 17.9 Å². The summed E-state index contributed by atoms with van der Waals surface area (Å²) in [6.45, 7) is 3.36. The van der Waals surface area contributed by atoms with E-state index in [-0.39, 0.29) is 10.8 Å². The van der Waals surface area contributed by atoms with E-state index in [9.17, 15) is 13.2 Å². The first kappa shape index (κ1) is 21.3. The third-order valence-electron chi connectivity index (χ3n) is 5.26. The van der Waals surface area contributed by atoms with Crippen LogP contribution in [0.5, 0.6) is 5.75 Å². The molecule has 0 aliphatic carbocycles. The molecule has 1 aliphatic heterocycles. The lowest BCUT2D eigenvalue weighted by atomic mass is 10.1. The Kier molecular flexibility index (Phi) is 6.92. The second-order valence-electron chi connectivity index (χ2n) is 7.30. The first-order chi connectivity index (χ1) is 13.9. The van der Waals surface area contributed by atoms with Crippen LogP contribution in [0.4, 0.5) is 0 Å². The zero-order valence-electron chi connectivity index (χ0n) is 17.0. The molecule has 0 bridgehead atoms. The molecule has 0 spiro atoms. The lowest BCUT2D eigenvalue weighted by Gasteiger charge is -2.26. The number of ether oxygens (including phenoxy) is 1. The molecule has 1 aliphatic rings. The minimum atomic E-state index is -3.56. The van der Waals surface area contributed by atoms with Gasteiger partial charge in [-0.25, -0.2) is 8.42 Å². The summed E-state index contributed by atoms with van der Waals surface area (Å²) in [6.07, 6.45) is 3.50. The summed E-state index contributed by atoms with van der Waals surface area (Å²) in [6, 6.07) is 12.5. The number of carbonyl (C=O) groups excluding carboxylic acids is 1. The highest BCUT2D eigenvalue weighted by molar-refractivity contribution is 7.89. The SMILES string of the molecule is COc1ccc(CCNC(=O)c2cc(S(=O)(=O)N3CCCCC3)ccc2C)cc1. The van der Waals surface area contributed by atoms with E-state index in [0.717, 1.165) is 36.1 Å². The Hall–Kier alpha value is -2.38. The Morgan fingerprint density at radius 2 is 1.76 bits per heavy atom. The zero-order valence-corrected chi connectivity index (χ0v) is 17.8. The van der Waals surface area contributed by atoms with Gasteiger partial charge in [-0.05, 0) is 61.6 Å². The van der Waals surface area contributed by atoms with Gasteiger partial charge in [-0.15, -0.1) is 0 Å². The molecule has 0 atom stereocenters. The molecule has 1 fully saturated rings. The normalized spacial score (nSPS) is 15.1. The van der Waals surface area contributed by atoms with Crippen molar-refractivity contribution in [3.63, 3.8) is 0 Å². The second kappa shape index (κ2) is 9.41. The number of benzene rings is 2. The Labute approximate surface area is 172 Å². The number of piperidine rings is 1. The van der Waals surface area contributed by atoms with Crippen LogP contribution in [0.15, 0.2) is 47.4 Å². The molecule has 7 heteroatoms. The zero-order chi connectivity index (χ0) is 20.9. The number of aryl methyl sites for hydroxylation is 1. The molecule has 0 aromatic heterocycles. The average molecular weight is 417 g/mol. The van der Waals surface area contributed by atoms with Gasteiger partial charge >= 0.3 is 0 Å². The summed E-state index contributed by atoms with van der Waals surface area (Å²) >= 11 is 0. The van der Waals surface area contributed by atoms with Crippen molar-refractivity contribution >= 4 is 15.9 Å². The number of methoxy groups -OCH3 is 1. The maximum atomic E-state index is 12.9. The number of nitrogens with one attached hydrogen (secondary N) is 1. The smallest absolute Gasteiger partial charge is 0.251 e. The number of hydrogen-bond acceptors (Lipinski definition) is 4. The van der Waals surface area contributed by atoms with E-state index in [1.165, 1.54) is 10.4 Å². The molecule has 29 heavy (non-hydrogen) atoms. The highest BCUT2D eigenvalue weighted by atomic mass is 32.2. The quantitative estimate of drug-likeness (QED) is 0.752. The highest BCUT2D eigenvalue weighted by Gasteiger charge is 2.27. The minimum Gasteiger partial charge on any atom is -0.497 e. The van der Waals surface area contributed by atoms with Gasteiger partial charge in [0.15, 0.2) is 0 Å². The van der Waals surface area contributed by atoms with Gasteiger partial charge in [-0.3, -0.25) is 4.79 Å². The molecular weight excluding hydrogens is 388 g/mol. The molecule has 2 aromatic rings. The van der Waals surface area contributed by atoms with Crippen LogP contribution in [0.1, 0.15) is 40.7 Å². The molecule has 156 valence electrons. The molecule has 0 unspecified atom stereocenters. The molecule has 3 rings (SSSR count). The minimum absolute atomic E-state index is 0.185. The number of carbonyl (C=O) groups is 1. The van der Waals surface area contributed by atoms with Crippen molar-refractivity contribution in [2.75, 3.05) is 26.7 Å². The van der Waals surface area contributed by atoms with Crippen LogP contribution < -0.4 is 10.1 Å². The summed E-state index contributed by atoms with van der Waals surface area (Å²) in [5.41, 5.74) is 2.24. The highest BCUT2D eigenvalue weighted by Crippen LogP contribution is 2.23. The third kappa shape index (κ3) is 5.16. The molecule has 1 amide bonds. The molecule has 1 N–H and O–H groups in total. The summed E-state index contributed by atoms with van der Waals surface area (Å²) in [7, 11) is -1.94. The van der Waals surface area contributed by atoms with Crippen molar-refractivity contribution in [3.05, 3.63) is 59.2 Å². The van der Waals surface area contributed by atoms with E-state index >= 15 is 0 Å².